The van der Waals surface area contributed by atoms with Gasteiger partial charge < -0.3 is 0 Å². The molecule has 2 aromatic rings. The van der Waals surface area contributed by atoms with Crippen LogP contribution in [0.25, 0.3) is 0 Å². The zero-order chi connectivity index (χ0) is 15.4. The van der Waals surface area contributed by atoms with Gasteiger partial charge in [-0.3, -0.25) is 20.4 Å². The molecule has 0 unspecified atom stereocenters. The smallest absolute Gasteiger partial charge is 0.267 e. The predicted octanol–water partition coefficient (Wildman–Crippen LogP) is 3.38. The van der Waals surface area contributed by atoms with E-state index in [1.165, 1.54) is 18.2 Å². The Labute approximate surface area is 132 Å². The van der Waals surface area contributed by atoms with E-state index in [2.05, 4.69) is 10.9 Å². The fourth-order valence-corrected chi connectivity index (χ4v) is 2.29. The lowest BCUT2D eigenvalue weighted by Crippen LogP contribution is -2.41. The van der Waals surface area contributed by atoms with E-state index in [-0.39, 0.29) is 5.56 Å². The summed E-state index contributed by atoms with van der Waals surface area (Å²) in [7, 11) is 0. The molecule has 0 saturated heterocycles. The Hall–Kier alpha value is -2.04. The first kappa shape index (κ1) is 15.4. The minimum atomic E-state index is -0.499. The Bertz CT molecular complexity index is 682. The molecule has 2 N–H and O–H groups in total. The first-order valence-corrected chi connectivity index (χ1v) is 6.85. The molecular formula is C15H12Cl2N2O2. The third-order valence-electron chi connectivity index (χ3n) is 2.80. The molecule has 6 heteroatoms. The number of halogens is 2. The molecule has 0 aromatic heterocycles. The standard InChI is InChI=1S/C15H12Cl2N2O2/c1-9-4-2-3-5-13(9)15(21)19-18-14(20)10-6-11(16)8-12(17)7-10/h2-8H,1H3,(H,18,20)(H,19,21). The second-order valence-corrected chi connectivity index (χ2v) is 5.25. The summed E-state index contributed by atoms with van der Waals surface area (Å²) in [5, 5.41) is 0.691. The van der Waals surface area contributed by atoms with Gasteiger partial charge in [-0.25, -0.2) is 0 Å². The number of amides is 2. The Balaban J connectivity index is 2.04. The average Bonchev–Trinajstić information content (AvgIpc) is 2.43. The maximum Gasteiger partial charge on any atom is 0.269 e. The molecule has 21 heavy (non-hydrogen) atoms. The van der Waals surface area contributed by atoms with Crippen LogP contribution in [0.15, 0.2) is 42.5 Å². The fraction of sp³-hybridized carbons (Fsp3) is 0.0667. The normalized spacial score (nSPS) is 10.0. The van der Waals surface area contributed by atoms with Gasteiger partial charge in [0, 0.05) is 21.2 Å². The number of hydrazine groups is 1. The number of rotatable bonds is 2. The molecule has 2 amide bonds. The lowest BCUT2D eigenvalue weighted by Gasteiger charge is -2.09. The van der Waals surface area contributed by atoms with Gasteiger partial charge in [-0.15, -0.1) is 0 Å². The first-order chi connectivity index (χ1) is 9.97. The molecule has 0 fully saturated rings. The van der Waals surface area contributed by atoms with E-state index in [0.29, 0.717) is 15.6 Å². The molecular weight excluding hydrogens is 311 g/mol. The summed E-state index contributed by atoms with van der Waals surface area (Å²) < 4.78 is 0. The summed E-state index contributed by atoms with van der Waals surface area (Å²) in [6, 6.07) is 11.5. The molecule has 0 saturated carbocycles. The molecule has 4 nitrogen and oxygen atoms in total. The summed E-state index contributed by atoms with van der Waals surface area (Å²) in [6.45, 7) is 1.81. The van der Waals surface area contributed by atoms with Crippen molar-refractivity contribution >= 4 is 35.0 Å². The van der Waals surface area contributed by atoms with Crippen molar-refractivity contribution < 1.29 is 9.59 Å². The molecule has 0 aliphatic carbocycles. The summed E-state index contributed by atoms with van der Waals surface area (Å²) in [4.78, 5) is 23.9. The van der Waals surface area contributed by atoms with Crippen LogP contribution in [0.1, 0.15) is 26.3 Å². The van der Waals surface area contributed by atoms with E-state index in [1.54, 1.807) is 12.1 Å². The average molecular weight is 323 g/mol. The highest BCUT2D eigenvalue weighted by molar-refractivity contribution is 6.35. The van der Waals surface area contributed by atoms with Gasteiger partial charge in [-0.05, 0) is 36.8 Å². The van der Waals surface area contributed by atoms with Crippen LogP contribution in [-0.2, 0) is 0 Å². The van der Waals surface area contributed by atoms with Crippen LogP contribution in [0, 0.1) is 6.92 Å². The van der Waals surface area contributed by atoms with Crippen LogP contribution >= 0.6 is 23.2 Å². The lowest BCUT2D eigenvalue weighted by atomic mass is 10.1. The van der Waals surface area contributed by atoms with Gasteiger partial charge in [0.05, 0.1) is 0 Å². The van der Waals surface area contributed by atoms with Gasteiger partial charge in [0.1, 0.15) is 0 Å². The van der Waals surface area contributed by atoms with E-state index in [1.807, 2.05) is 19.1 Å². The number of hydrogen-bond acceptors (Lipinski definition) is 2. The molecule has 0 radical (unpaired) electrons. The van der Waals surface area contributed by atoms with Crippen molar-refractivity contribution in [1.29, 1.82) is 0 Å². The van der Waals surface area contributed by atoms with Crippen LogP contribution in [0.5, 0.6) is 0 Å². The quantitative estimate of drug-likeness (QED) is 0.833. The van der Waals surface area contributed by atoms with Crippen molar-refractivity contribution in [2.45, 2.75) is 6.92 Å². The predicted molar refractivity (Wildman–Crippen MR) is 82.6 cm³/mol. The van der Waals surface area contributed by atoms with E-state index < -0.39 is 11.8 Å². The van der Waals surface area contributed by atoms with Gasteiger partial charge in [-0.2, -0.15) is 0 Å². The maximum absolute atomic E-state index is 12.0. The van der Waals surface area contributed by atoms with Crippen LogP contribution in [0.2, 0.25) is 10.0 Å². The summed E-state index contributed by atoms with van der Waals surface area (Å²) in [5.74, 6) is -0.893. The van der Waals surface area contributed by atoms with Crippen molar-refractivity contribution in [2.24, 2.45) is 0 Å². The zero-order valence-corrected chi connectivity index (χ0v) is 12.6. The third-order valence-corrected chi connectivity index (χ3v) is 3.24. The minimum absolute atomic E-state index is 0.262. The number of benzene rings is 2. The Morgan fingerprint density at radius 3 is 2.10 bits per heavy atom. The molecule has 2 rings (SSSR count). The fourth-order valence-electron chi connectivity index (χ4n) is 1.77. The van der Waals surface area contributed by atoms with E-state index >= 15 is 0 Å². The zero-order valence-electron chi connectivity index (χ0n) is 11.1. The first-order valence-electron chi connectivity index (χ1n) is 6.10. The monoisotopic (exact) mass is 322 g/mol. The minimum Gasteiger partial charge on any atom is -0.267 e. The van der Waals surface area contributed by atoms with Crippen LogP contribution in [0.3, 0.4) is 0 Å². The van der Waals surface area contributed by atoms with Crippen molar-refractivity contribution in [3.63, 3.8) is 0 Å². The van der Waals surface area contributed by atoms with Gasteiger partial charge in [0.2, 0.25) is 0 Å². The number of nitrogens with one attached hydrogen (secondary N) is 2. The van der Waals surface area contributed by atoms with Crippen molar-refractivity contribution in [3.05, 3.63) is 69.2 Å². The molecule has 0 aliphatic heterocycles. The number of carbonyl (C=O) groups is 2. The molecule has 108 valence electrons. The Kier molecular flexibility index (Phi) is 4.83. The Morgan fingerprint density at radius 2 is 1.48 bits per heavy atom. The summed E-state index contributed by atoms with van der Waals surface area (Å²) in [6.07, 6.45) is 0. The molecule has 0 bridgehead atoms. The highest BCUT2D eigenvalue weighted by Gasteiger charge is 2.11. The Morgan fingerprint density at radius 1 is 0.905 bits per heavy atom. The topological polar surface area (TPSA) is 58.2 Å². The number of hydrogen-bond donors (Lipinski definition) is 2. The second kappa shape index (κ2) is 6.61. The van der Waals surface area contributed by atoms with Crippen LogP contribution in [-0.4, -0.2) is 11.8 Å². The van der Waals surface area contributed by atoms with Crippen LogP contribution < -0.4 is 10.9 Å². The van der Waals surface area contributed by atoms with Crippen LogP contribution in [0.4, 0.5) is 0 Å². The van der Waals surface area contributed by atoms with Gasteiger partial charge in [0.15, 0.2) is 0 Å². The lowest BCUT2D eigenvalue weighted by molar-refractivity contribution is 0.0846. The van der Waals surface area contributed by atoms with E-state index in [9.17, 15) is 9.59 Å². The largest absolute Gasteiger partial charge is 0.269 e. The highest BCUT2D eigenvalue weighted by atomic mass is 35.5. The molecule has 2 aromatic carbocycles. The van der Waals surface area contributed by atoms with E-state index in [0.717, 1.165) is 5.56 Å². The highest BCUT2D eigenvalue weighted by Crippen LogP contribution is 2.18. The summed E-state index contributed by atoms with van der Waals surface area (Å²) in [5.41, 5.74) is 6.24. The maximum atomic E-state index is 12.0. The number of aryl methyl sites for hydroxylation is 1. The van der Waals surface area contributed by atoms with Crippen molar-refractivity contribution in [3.8, 4) is 0 Å². The molecule has 0 spiro atoms. The molecule has 0 aliphatic rings. The van der Waals surface area contributed by atoms with Crippen molar-refractivity contribution in [1.82, 2.24) is 10.9 Å². The van der Waals surface area contributed by atoms with E-state index in [4.69, 9.17) is 23.2 Å². The molecule has 0 heterocycles. The number of carbonyl (C=O) groups excluding carboxylic acids is 2. The SMILES string of the molecule is Cc1ccccc1C(=O)NNC(=O)c1cc(Cl)cc(Cl)c1. The second-order valence-electron chi connectivity index (χ2n) is 4.38. The van der Waals surface area contributed by atoms with Crippen molar-refractivity contribution in [2.75, 3.05) is 0 Å². The van der Waals surface area contributed by atoms with Gasteiger partial charge in [0.25, 0.3) is 11.8 Å². The molecule has 0 atom stereocenters. The van der Waals surface area contributed by atoms with Gasteiger partial charge >= 0.3 is 0 Å². The third kappa shape index (κ3) is 3.97. The van der Waals surface area contributed by atoms with Gasteiger partial charge in [-0.1, -0.05) is 41.4 Å². The summed E-state index contributed by atoms with van der Waals surface area (Å²) >= 11 is 11.6.